The van der Waals surface area contributed by atoms with Crippen molar-refractivity contribution < 1.29 is 24.2 Å². The van der Waals surface area contributed by atoms with Gasteiger partial charge in [-0.25, -0.2) is 15.0 Å². The summed E-state index contributed by atoms with van der Waals surface area (Å²) in [5, 5.41) is 12.4. The number of urea groups is 1. The third-order valence-electron chi connectivity index (χ3n) is 2.23. The maximum Gasteiger partial charge on any atom is 0.344 e. The second-order valence-electron chi connectivity index (χ2n) is 3.74. The lowest BCUT2D eigenvalue weighted by Gasteiger charge is -2.13. The number of aliphatic carboxylic acids is 1. The molecule has 8 heteroatoms. The molecular weight excluding hydrogens is 266 g/mol. The molecule has 0 aliphatic heterocycles. The Morgan fingerprint density at radius 1 is 1.45 bits per heavy atom. The number of carbonyl (C=O) groups excluding carboxylic acids is 1. The average Bonchev–Trinajstić information content (AvgIpc) is 2.39. The van der Waals surface area contributed by atoms with E-state index in [-0.39, 0.29) is 0 Å². The number of hydrogen-bond acceptors (Lipinski definition) is 5. The highest BCUT2D eigenvalue weighted by Crippen LogP contribution is 2.28. The van der Waals surface area contributed by atoms with Crippen LogP contribution in [-0.2, 0) is 4.79 Å². The maximum absolute atomic E-state index is 10.7. The first-order valence-electron chi connectivity index (χ1n) is 5.60. The van der Waals surface area contributed by atoms with E-state index in [2.05, 4.69) is 10.5 Å². The first-order valence-corrected chi connectivity index (χ1v) is 5.60. The Kier molecular flexibility index (Phi) is 5.33. The molecule has 0 aromatic heterocycles. The highest BCUT2D eigenvalue weighted by molar-refractivity contribution is 5.82. The van der Waals surface area contributed by atoms with Gasteiger partial charge in [0.05, 0.1) is 13.3 Å². The largest absolute Gasteiger partial charge is 0.493 e. The molecule has 0 saturated heterocycles. The number of primary amides is 1. The van der Waals surface area contributed by atoms with Crippen molar-refractivity contribution in [2.24, 2.45) is 10.8 Å². The van der Waals surface area contributed by atoms with Crippen molar-refractivity contribution in [2.45, 2.75) is 13.0 Å². The Balaban J connectivity index is 2.87. The van der Waals surface area contributed by atoms with Crippen LogP contribution >= 0.6 is 0 Å². The number of hydrogen-bond donors (Lipinski definition) is 3. The van der Waals surface area contributed by atoms with Gasteiger partial charge in [-0.2, -0.15) is 5.10 Å². The summed E-state index contributed by atoms with van der Waals surface area (Å²) >= 11 is 0. The van der Waals surface area contributed by atoms with Gasteiger partial charge in [0, 0.05) is 0 Å². The standard InChI is InChI=1S/C12H15N3O5/c1-7(11(16)17)20-9-4-3-8(5-10(9)19-2)6-14-15-12(13)18/h3-7H,1-2H3,(H,16,17)(H3,13,15,18)/b14-6-/t7-/m1/s1. The summed E-state index contributed by atoms with van der Waals surface area (Å²) in [7, 11) is 1.43. The molecule has 0 radical (unpaired) electrons. The smallest absolute Gasteiger partial charge is 0.344 e. The van der Waals surface area contributed by atoms with E-state index < -0.39 is 18.1 Å². The van der Waals surface area contributed by atoms with Crippen molar-refractivity contribution in [1.29, 1.82) is 0 Å². The lowest BCUT2D eigenvalue weighted by atomic mass is 10.2. The average molecular weight is 281 g/mol. The van der Waals surface area contributed by atoms with Crippen LogP contribution in [0.1, 0.15) is 12.5 Å². The Bertz CT molecular complexity index is 530. The monoisotopic (exact) mass is 281 g/mol. The number of ether oxygens (including phenoxy) is 2. The van der Waals surface area contributed by atoms with Crippen LogP contribution in [0, 0.1) is 0 Å². The van der Waals surface area contributed by atoms with Gasteiger partial charge in [-0.1, -0.05) is 0 Å². The number of rotatable bonds is 6. The van der Waals surface area contributed by atoms with Crippen LogP contribution in [0.5, 0.6) is 11.5 Å². The van der Waals surface area contributed by atoms with Gasteiger partial charge < -0.3 is 20.3 Å². The van der Waals surface area contributed by atoms with Crippen molar-refractivity contribution >= 4 is 18.2 Å². The fraction of sp³-hybridized carbons (Fsp3) is 0.250. The molecule has 1 atom stereocenters. The van der Waals surface area contributed by atoms with E-state index in [1.807, 2.05) is 0 Å². The van der Waals surface area contributed by atoms with E-state index in [0.717, 1.165) is 0 Å². The lowest BCUT2D eigenvalue weighted by molar-refractivity contribution is -0.144. The SMILES string of the molecule is COc1cc(/C=N\NC(N)=O)ccc1O[C@H](C)C(=O)O. The summed E-state index contributed by atoms with van der Waals surface area (Å²) in [4.78, 5) is 21.2. The number of nitrogens with zero attached hydrogens (tertiary/aromatic N) is 1. The van der Waals surface area contributed by atoms with Gasteiger partial charge in [-0.3, -0.25) is 0 Å². The number of benzene rings is 1. The third-order valence-corrected chi connectivity index (χ3v) is 2.23. The van der Waals surface area contributed by atoms with Gasteiger partial charge in [0.15, 0.2) is 17.6 Å². The van der Waals surface area contributed by atoms with Gasteiger partial charge >= 0.3 is 12.0 Å². The number of methoxy groups -OCH3 is 1. The van der Waals surface area contributed by atoms with Crippen LogP contribution < -0.4 is 20.6 Å². The maximum atomic E-state index is 10.7. The second-order valence-corrected chi connectivity index (χ2v) is 3.74. The molecule has 0 fully saturated rings. The molecule has 1 aromatic carbocycles. The van der Waals surface area contributed by atoms with E-state index >= 15 is 0 Å². The zero-order chi connectivity index (χ0) is 15.1. The Hall–Kier alpha value is -2.77. The number of carbonyl (C=O) groups is 2. The molecule has 0 heterocycles. The molecule has 20 heavy (non-hydrogen) atoms. The number of amides is 2. The molecule has 0 saturated carbocycles. The normalized spacial score (nSPS) is 11.9. The van der Waals surface area contributed by atoms with E-state index in [0.29, 0.717) is 17.1 Å². The van der Waals surface area contributed by atoms with E-state index in [1.165, 1.54) is 20.2 Å². The van der Waals surface area contributed by atoms with E-state index in [4.69, 9.17) is 20.3 Å². The van der Waals surface area contributed by atoms with Crippen molar-refractivity contribution in [1.82, 2.24) is 5.43 Å². The minimum atomic E-state index is -1.08. The molecular formula is C12H15N3O5. The molecule has 0 spiro atoms. The van der Waals surface area contributed by atoms with Crippen LogP contribution in [0.25, 0.3) is 0 Å². The summed E-state index contributed by atoms with van der Waals surface area (Å²) in [5.41, 5.74) is 7.52. The fourth-order valence-corrected chi connectivity index (χ4v) is 1.27. The van der Waals surface area contributed by atoms with Gasteiger partial charge in [0.2, 0.25) is 0 Å². The van der Waals surface area contributed by atoms with Crippen molar-refractivity contribution in [3.8, 4) is 11.5 Å². The molecule has 108 valence electrons. The number of carboxylic acids is 1. The minimum absolute atomic E-state index is 0.294. The van der Waals surface area contributed by atoms with Crippen LogP contribution in [0.4, 0.5) is 4.79 Å². The quantitative estimate of drug-likeness (QED) is 0.519. The molecule has 4 N–H and O–H groups in total. The predicted molar refractivity (Wildman–Crippen MR) is 71.0 cm³/mol. The number of nitrogens with two attached hydrogens (primary N) is 1. The minimum Gasteiger partial charge on any atom is -0.493 e. The second kappa shape index (κ2) is 6.98. The summed E-state index contributed by atoms with van der Waals surface area (Å²) in [6, 6.07) is 3.97. The summed E-state index contributed by atoms with van der Waals surface area (Å²) < 4.78 is 10.3. The first-order chi connectivity index (χ1) is 9.43. The Labute approximate surface area is 115 Å². The van der Waals surface area contributed by atoms with Crippen molar-refractivity contribution in [3.63, 3.8) is 0 Å². The molecule has 0 aliphatic carbocycles. The number of carboxylic acid groups (broad SMARTS) is 1. The van der Waals surface area contributed by atoms with Gasteiger partial charge in [-0.05, 0) is 30.7 Å². The molecule has 0 bridgehead atoms. The van der Waals surface area contributed by atoms with Gasteiger partial charge in [0.1, 0.15) is 0 Å². The third kappa shape index (κ3) is 4.48. The highest BCUT2D eigenvalue weighted by atomic mass is 16.5. The summed E-state index contributed by atoms with van der Waals surface area (Å²) in [6.07, 6.45) is 0.359. The molecule has 0 unspecified atom stereocenters. The topological polar surface area (TPSA) is 123 Å². The van der Waals surface area contributed by atoms with Crippen LogP contribution in [0.3, 0.4) is 0 Å². The van der Waals surface area contributed by atoms with E-state index in [1.54, 1.807) is 18.2 Å². The van der Waals surface area contributed by atoms with E-state index in [9.17, 15) is 9.59 Å². The highest BCUT2D eigenvalue weighted by Gasteiger charge is 2.15. The molecule has 8 nitrogen and oxygen atoms in total. The Morgan fingerprint density at radius 2 is 2.15 bits per heavy atom. The molecule has 0 aliphatic rings. The molecule has 2 amide bonds. The van der Waals surface area contributed by atoms with Crippen molar-refractivity contribution in [2.75, 3.05) is 7.11 Å². The number of nitrogens with one attached hydrogen (secondary N) is 1. The predicted octanol–water partition coefficient (Wildman–Crippen LogP) is 0.549. The summed E-state index contributed by atoms with van der Waals surface area (Å²) in [6.45, 7) is 1.41. The zero-order valence-corrected chi connectivity index (χ0v) is 11.0. The molecule has 1 aromatic rings. The zero-order valence-electron chi connectivity index (χ0n) is 11.0. The van der Waals surface area contributed by atoms with Crippen LogP contribution in [-0.4, -0.2) is 36.5 Å². The van der Waals surface area contributed by atoms with Gasteiger partial charge in [-0.15, -0.1) is 0 Å². The number of hydrazone groups is 1. The van der Waals surface area contributed by atoms with Gasteiger partial charge in [0.25, 0.3) is 0 Å². The van der Waals surface area contributed by atoms with Crippen LogP contribution in [0.15, 0.2) is 23.3 Å². The fourth-order valence-electron chi connectivity index (χ4n) is 1.27. The van der Waals surface area contributed by atoms with Crippen LogP contribution in [0.2, 0.25) is 0 Å². The first kappa shape index (κ1) is 15.3. The lowest BCUT2D eigenvalue weighted by Crippen LogP contribution is -2.24. The molecule has 1 rings (SSSR count). The Morgan fingerprint density at radius 3 is 2.70 bits per heavy atom. The van der Waals surface area contributed by atoms with Crippen molar-refractivity contribution in [3.05, 3.63) is 23.8 Å². The summed E-state index contributed by atoms with van der Waals surface area (Å²) in [5.74, 6) is -0.438.